The van der Waals surface area contributed by atoms with Gasteiger partial charge in [0.2, 0.25) is 0 Å². The maximum Gasteiger partial charge on any atom is 0.0282 e. The molecule has 0 fully saturated rings. The average Bonchev–Trinajstić information content (AvgIpc) is 2.44. The van der Waals surface area contributed by atoms with Crippen LogP contribution in [0.2, 0.25) is 0 Å². The van der Waals surface area contributed by atoms with E-state index in [0.717, 1.165) is 0 Å². The summed E-state index contributed by atoms with van der Waals surface area (Å²) in [6, 6.07) is 21.4. The number of aryl methyl sites for hydroxylation is 1. The van der Waals surface area contributed by atoms with Crippen LogP contribution in [0, 0.1) is 6.92 Å². The first-order valence-corrected chi connectivity index (χ1v) is 6.79. The summed E-state index contributed by atoms with van der Waals surface area (Å²) in [6.07, 6.45) is 0. The van der Waals surface area contributed by atoms with Gasteiger partial charge in [0, 0.05) is 4.47 Å². The molecule has 0 N–H and O–H groups in total. The molecular weight excluding hydrogens is 284 g/mol. The number of fused-ring (bicyclic) bond motifs is 1. The van der Waals surface area contributed by atoms with E-state index in [4.69, 9.17) is 0 Å². The average molecular weight is 297 g/mol. The first-order valence-electron chi connectivity index (χ1n) is 6.00. The highest BCUT2D eigenvalue weighted by molar-refractivity contribution is 9.10. The molecule has 0 aliphatic rings. The van der Waals surface area contributed by atoms with E-state index in [1.54, 1.807) is 0 Å². The summed E-state index contributed by atoms with van der Waals surface area (Å²) < 4.78 is 1.19. The molecule has 3 rings (SSSR count). The number of hydrogen-bond donors (Lipinski definition) is 0. The molecule has 0 aliphatic carbocycles. The number of halogens is 1. The Morgan fingerprint density at radius 2 is 1.56 bits per heavy atom. The van der Waals surface area contributed by atoms with E-state index in [-0.39, 0.29) is 0 Å². The van der Waals surface area contributed by atoms with Gasteiger partial charge >= 0.3 is 0 Å². The van der Waals surface area contributed by atoms with E-state index in [1.165, 1.54) is 31.9 Å². The van der Waals surface area contributed by atoms with E-state index < -0.39 is 0 Å². The maximum atomic E-state index is 3.66. The second kappa shape index (κ2) is 4.58. The lowest BCUT2D eigenvalue weighted by Gasteiger charge is -2.07. The molecule has 0 aliphatic heterocycles. The molecule has 0 amide bonds. The van der Waals surface area contributed by atoms with Gasteiger partial charge in [0.25, 0.3) is 0 Å². The van der Waals surface area contributed by atoms with E-state index >= 15 is 0 Å². The zero-order chi connectivity index (χ0) is 12.5. The fraction of sp³-hybridized carbons (Fsp3) is 0.0588. The second-order valence-corrected chi connectivity index (χ2v) is 5.29. The highest BCUT2D eigenvalue weighted by Gasteiger charge is 2.03. The highest BCUT2D eigenvalue weighted by atomic mass is 79.9. The van der Waals surface area contributed by atoms with Crippen molar-refractivity contribution in [3.63, 3.8) is 0 Å². The zero-order valence-corrected chi connectivity index (χ0v) is 11.7. The topological polar surface area (TPSA) is 0 Å². The lowest BCUT2D eigenvalue weighted by atomic mass is 10.0. The standard InChI is InChI=1S/C17H13Br/c1-12-7-8-15-11-14(9-10-16(15)17(12)18)13-5-3-2-4-6-13/h2-11H,1H3. The van der Waals surface area contributed by atoms with E-state index in [9.17, 15) is 0 Å². The summed E-state index contributed by atoms with van der Waals surface area (Å²) in [6.45, 7) is 2.12. The third kappa shape index (κ3) is 1.95. The number of hydrogen-bond acceptors (Lipinski definition) is 0. The third-order valence-electron chi connectivity index (χ3n) is 3.25. The minimum absolute atomic E-state index is 1.19. The minimum Gasteiger partial charge on any atom is -0.0622 e. The molecule has 0 atom stereocenters. The van der Waals surface area contributed by atoms with Gasteiger partial charge in [0.1, 0.15) is 0 Å². The molecule has 3 aromatic rings. The lowest BCUT2D eigenvalue weighted by Crippen LogP contribution is -1.82. The molecule has 0 saturated heterocycles. The van der Waals surface area contributed by atoms with Crippen molar-refractivity contribution in [1.82, 2.24) is 0 Å². The van der Waals surface area contributed by atoms with Crippen LogP contribution in [-0.4, -0.2) is 0 Å². The van der Waals surface area contributed by atoms with E-state index in [2.05, 4.69) is 77.5 Å². The maximum absolute atomic E-state index is 3.66. The molecule has 0 bridgehead atoms. The van der Waals surface area contributed by atoms with Crippen LogP contribution in [-0.2, 0) is 0 Å². The predicted octanol–water partition coefficient (Wildman–Crippen LogP) is 5.58. The normalized spacial score (nSPS) is 10.8. The minimum atomic E-state index is 1.19. The monoisotopic (exact) mass is 296 g/mol. The fourth-order valence-electron chi connectivity index (χ4n) is 2.21. The Morgan fingerprint density at radius 3 is 2.33 bits per heavy atom. The molecule has 88 valence electrons. The molecule has 1 heteroatoms. The Bertz CT molecular complexity index is 699. The summed E-state index contributed by atoms with van der Waals surface area (Å²) in [4.78, 5) is 0. The highest BCUT2D eigenvalue weighted by Crippen LogP contribution is 2.30. The van der Waals surface area contributed by atoms with E-state index in [0.29, 0.717) is 0 Å². The second-order valence-electron chi connectivity index (χ2n) is 4.50. The van der Waals surface area contributed by atoms with Crippen LogP contribution < -0.4 is 0 Å². The SMILES string of the molecule is Cc1ccc2cc(-c3ccccc3)ccc2c1Br. The molecular formula is C17H13Br. The van der Waals surface area contributed by atoms with Gasteiger partial charge in [-0.15, -0.1) is 0 Å². The van der Waals surface area contributed by atoms with Crippen LogP contribution in [0.15, 0.2) is 65.1 Å². The Hall–Kier alpha value is -1.60. The van der Waals surface area contributed by atoms with Crippen LogP contribution in [0.3, 0.4) is 0 Å². The van der Waals surface area contributed by atoms with E-state index in [1.807, 2.05) is 6.07 Å². The van der Waals surface area contributed by atoms with Gasteiger partial charge in [-0.05, 0) is 56.4 Å². The van der Waals surface area contributed by atoms with Gasteiger partial charge in [-0.2, -0.15) is 0 Å². The first-order chi connectivity index (χ1) is 8.75. The van der Waals surface area contributed by atoms with Gasteiger partial charge < -0.3 is 0 Å². The van der Waals surface area contributed by atoms with Gasteiger partial charge in [0.05, 0.1) is 0 Å². The first kappa shape index (κ1) is 11.5. The molecule has 0 nitrogen and oxygen atoms in total. The third-order valence-corrected chi connectivity index (χ3v) is 4.31. The largest absolute Gasteiger partial charge is 0.0622 e. The van der Waals surface area contributed by atoms with Crippen LogP contribution in [0.4, 0.5) is 0 Å². The zero-order valence-electron chi connectivity index (χ0n) is 10.2. The van der Waals surface area contributed by atoms with Crippen molar-refractivity contribution in [2.45, 2.75) is 6.92 Å². The molecule has 0 unspecified atom stereocenters. The van der Waals surface area contributed by atoms with Crippen molar-refractivity contribution < 1.29 is 0 Å². The molecule has 0 spiro atoms. The smallest absolute Gasteiger partial charge is 0.0282 e. The molecule has 3 aromatic carbocycles. The van der Waals surface area contributed by atoms with Crippen molar-refractivity contribution in [1.29, 1.82) is 0 Å². The Labute approximate surface area is 115 Å². The number of benzene rings is 3. The van der Waals surface area contributed by atoms with Gasteiger partial charge in [-0.3, -0.25) is 0 Å². The Kier molecular flexibility index (Phi) is 2.92. The van der Waals surface area contributed by atoms with Crippen LogP contribution in [0.5, 0.6) is 0 Å². The quantitative estimate of drug-likeness (QED) is 0.550. The summed E-state index contributed by atoms with van der Waals surface area (Å²) in [5, 5.41) is 2.54. The van der Waals surface area contributed by atoms with Crippen molar-refractivity contribution >= 4 is 26.7 Å². The molecule has 0 aromatic heterocycles. The van der Waals surface area contributed by atoms with Crippen molar-refractivity contribution in [3.8, 4) is 11.1 Å². The van der Waals surface area contributed by atoms with Crippen molar-refractivity contribution in [2.24, 2.45) is 0 Å². The summed E-state index contributed by atoms with van der Waals surface area (Å²) in [5.74, 6) is 0. The lowest BCUT2D eigenvalue weighted by molar-refractivity contribution is 1.47. The van der Waals surface area contributed by atoms with Crippen molar-refractivity contribution in [2.75, 3.05) is 0 Å². The predicted molar refractivity (Wildman–Crippen MR) is 81.8 cm³/mol. The number of rotatable bonds is 1. The molecule has 0 saturated carbocycles. The van der Waals surface area contributed by atoms with Gasteiger partial charge in [-0.1, -0.05) is 54.6 Å². The van der Waals surface area contributed by atoms with Crippen LogP contribution in [0.25, 0.3) is 21.9 Å². The summed E-state index contributed by atoms with van der Waals surface area (Å²) in [7, 11) is 0. The Morgan fingerprint density at radius 1 is 0.778 bits per heavy atom. The van der Waals surface area contributed by atoms with Gasteiger partial charge in [0.15, 0.2) is 0 Å². The van der Waals surface area contributed by atoms with Crippen molar-refractivity contribution in [3.05, 3.63) is 70.7 Å². The molecule has 18 heavy (non-hydrogen) atoms. The Balaban J connectivity index is 2.21. The summed E-state index contributed by atoms with van der Waals surface area (Å²) in [5.41, 5.74) is 3.80. The fourth-order valence-corrected chi connectivity index (χ4v) is 2.70. The molecule has 0 heterocycles. The van der Waals surface area contributed by atoms with Gasteiger partial charge in [-0.25, -0.2) is 0 Å². The summed E-state index contributed by atoms with van der Waals surface area (Å²) >= 11 is 3.66. The van der Waals surface area contributed by atoms with Crippen LogP contribution in [0.1, 0.15) is 5.56 Å². The van der Waals surface area contributed by atoms with Crippen LogP contribution >= 0.6 is 15.9 Å². The molecule has 0 radical (unpaired) electrons.